The Morgan fingerprint density at radius 1 is 1.43 bits per heavy atom. The van der Waals surface area contributed by atoms with Crippen LogP contribution in [0.5, 0.6) is 0 Å². The number of carboxylic acid groups (broad SMARTS) is 1. The molecular weight excluding hydrogens is 231 g/mol. The first-order chi connectivity index (χ1) is 5.59. The summed E-state index contributed by atoms with van der Waals surface area (Å²) in [4.78, 5) is 14.3. The van der Waals surface area contributed by atoms with Crippen LogP contribution in [0, 0.1) is 0 Å². The lowest BCUT2D eigenvalue weighted by Gasteiger charge is -2.01. The highest BCUT2D eigenvalue weighted by molar-refractivity contribution is 5.85. The van der Waals surface area contributed by atoms with Gasteiger partial charge in [-0.25, -0.2) is 4.99 Å². The van der Waals surface area contributed by atoms with E-state index >= 15 is 0 Å². The number of nitrogens with two attached hydrogens (primary N) is 2. The normalized spacial score (nSPS) is 24.3. The molecule has 6 N–H and O–H groups in total. The first-order valence-electron chi connectivity index (χ1n) is 3.64. The van der Waals surface area contributed by atoms with Gasteiger partial charge in [0.05, 0.1) is 6.04 Å². The van der Waals surface area contributed by atoms with Crippen LogP contribution in [-0.2, 0) is 4.79 Å². The topological polar surface area (TPSA) is 114 Å². The fourth-order valence-electron chi connectivity index (χ4n) is 1.21. The van der Waals surface area contributed by atoms with Crippen molar-refractivity contribution >= 4 is 36.7 Å². The second kappa shape index (κ2) is 6.69. The van der Waals surface area contributed by atoms with Crippen LogP contribution in [-0.4, -0.2) is 35.7 Å². The number of carboxylic acids is 1. The van der Waals surface area contributed by atoms with Crippen molar-refractivity contribution in [2.24, 2.45) is 16.5 Å². The van der Waals surface area contributed by atoms with E-state index in [0.29, 0.717) is 13.0 Å². The minimum Gasteiger partial charge on any atom is -0.480 e. The number of aliphatic imine (C=N–C) groups is 1. The number of carbonyl (C=O) groups is 1. The van der Waals surface area contributed by atoms with Gasteiger partial charge in [0.2, 0.25) is 0 Å². The second-order valence-electron chi connectivity index (χ2n) is 2.74. The van der Waals surface area contributed by atoms with Crippen LogP contribution < -0.4 is 16.8 Å². The standard InChI is InChI=1S/C6H12N4O2.2ClH/c7-6(8)10-3-1-4(5(11)12)9-2-3;;/h3-4,9H,1-2H2,(H,11,12)(H4,7,8,10);2*1H/t3-,4-;;/m0../s1. The lowest BCUT2D eigenvalue weighted by atomic mass is 10.2. The summed E-state index contributed by atoms with van der Waals surface area (Å²) < 4.78 is 0. The maximum Gasteiger partial charge on any atom is 0.320 e. The van der Waals surface area contributed by atoms with E-state index in [1.165, 1.54) is 0 Å². The highest BCUT2D eigenvalue weighted by Gasteiger charge is 2.28. The predicted octanol–water partition coefficient (Wildman–Crippen LogP) is -1.08. The molecule has 14 heavy (non-hydrogen) atoms. The monoisotopic (exact) mass is 244 g/mol. The van der Waals surface area contributed by atoms with Gasteiger partial charge in [-0.3, -0.25) is 4.79 Å². The highest BCUT2D eigenvalue weighted by Crippen LogP contribution is 2.09. The number of guanidine groups is 1. The molecule has 0 radical (unpaired) electrons. The SMILES string of the molecule is Cl.Cl.NC(N)=N[C@@H]1CN[C@H](C(=O)O)C1. The molecule has 0 aromatic rings. The molecule has 6 nitrogen and oxygen atoms in total. The molecule has 0 saturated carbocycles. The summed E-state index contributed by atoms with van der Waals surface area (Å²) in [5.41, 5.74) is 10.3. The summed E-state index contributed by atoms with van der Waals surface area (Å²) in [6.07, 6.45) is 0.452. The molecule has 0 aromatic carbocycles. The Morgan fingerprint density at radius 2 is 2.00 bits per heavy atom. The van der Waals surface area contributed by atoms with E-state index in [2.05, 4.69) is 10.3 Å². The Balaban J connectivity index is 0. The van der Waals surface area contributed by atoms with E-state index < -0.39 is 12.0 Å². The number of hydrogen-bond donors (Lipinski definition) is 4. The summed E-state index contributed by atoms with van der Waals surface area (Å²) in [6, 6.07) is -0.616. The van der Waals surface area contributed by atoms with Gasteiger partial charge in [0, 0.05) is 6.54 Å². The number of rotatable bonds is 2. The van der Waals surface area contributed by atoms with E-state index in [-0.39, 0.29) is 36.8 Å². The Kier molecular flexibility index (Phi) is 7.52. The molecule has 1 heterocycles. The third-order valence-electron chi connectivity index (χ3n) is 1.74. The molecule has 1 aliphatic rings. The van der Waals surface area contributed by atoms with Gasteiger partial charge in [-0.1, -0.05) is 0 Å². The van der Waals surface area contributed by atoms with Gasteiger partial charge in [-0.15, -0.1) is 24.8 Å². The summed E-state index contributed by atoms with van der Waals surface area (Å²) in [5, 5.41) is 11.4. The third kappa shape index (κ3) is 4.50. The van der Waals surface area contributed by atoms with Crippen LogP contribution in [0.15, 0.2) is 4.99 Å². The number of nitrogens with one attached hydrogen (secondary N) is 1. The van der Waals surface area contributed by atoms with Crippen LogP contribution in [0.25, 0.3) is 0 Å². The Hall–Kier alpha value is -0.720. The molecule has 1 saturated heterocycles. The second-order valence-corrected chi connectivity index (χ2v) is 2.74. The van der Waals surface area contributed by atoms with Gasteiger partial charge < -0.3 is 21.9 Å². The summed E-state index contributed by atoms with van der Waals surface area (Å²) in [6.45, 7) is 0.523. The minimum absolute atomic E-state index is 0. The number of aliphatic carboxylic acids is 1. The Morgan fingerprint density at radius 3 is 2.36 bits per heavy atom. The Bertz CT molecular complexity index is 220. The zero-order valence-corrected chi connectivity index (χ0v) is 8.98. The van der Waals surface area contributed by atoms with Gasteiger partial charge in [-0.2, -0.15) is 0 Å². The highest BCUT2D eigenvalue weighted by atomic mass is 35.5. The first-order valence-corrected chi connectivity index (χ1v) is 3.64. The average Bonchev–Trinajstić information content (AvgIpc) is 2.34. The molecule has 0 bridgehead atoms. The molecule has 1 aliphatic heterocycles. The first kappa shape index (κ1) is 15.7. The van der Waals surface area contributed by atoms with Crippen LogP contribution in [0.1, 0.15) is 6.42 Å². The van der Waals surface area contributed by atoms with Gasteiger partial charge in [0.1, 0.15) is 6.04 Å². The molecule has 8 heteroatoms. The molecule has 0 unspecified atom stereocenters. The molecule has 84 valence electrons. The van der Waals surface area contributed by atoms with E-state index in [4.69, 9.17) is 16.6 Å². The molecule has 1 fully saturated rings. The largest absolute Gasteiger partial charge is 0.480 e. The van der Waals surface area contributed by atoms with E-state index in [1.54, 1.807) is 0 Å². The number of hydrogen-bond acceptors (Lipinski definition) is 3. The van der Waals surface area contributed by atoms with Crippen molar-refractivity contribution in [3.8, 4) is 0 Å². The molecular formula is C6H14Cl2N4O2. The minimum atomic E-state index is -0.858. The number of nitrogens with zero attached hydrogens (tertiary/aromatic N) is 1. The third-order valence-corrected chi connectivity index (χ3v) is 1.74. The predicted molar refractivity (Wildman–Crippen MR) is 58.1 cm³/mol. The van der Waals surface area contributed by atoms with Crippen molar-refractivity contribution < 1.29 is 9.90 Å². The lowest BCUT2D eigenvalue weighted by molar-refractivity contribution is -0.139. The zero-order chi connectivity index (χ0) is 9.14. The molecule has 1 rings (SSSR count). The van der Waals surface area contributed by atoms with Crippen LogP contribution >= 0.6 is 24.8 Å². The van der Waals surface area contributed by atoms with Gasteiger partial charge >= 0.3 is 5.97 Å². The maximum atomic E-state index is 10.5. The molecule has 0 spiro atoms. The summed E-state index contributed by atoms with van der Waals surface area (Å²) in [7, 11) is 0. The molecule has 0 aliphatic carbocycles. The fraction of sp³-hybridized carbons (Fsp3) is 0.667. The van der Waals surface area contributed by atoms with Crippen molar-refractivity contribution in [1.29, 1.82) is 0 Å². The number of halogens is 2. The fourth-order valence-corrected chi connectivity index (χ4v) is 1.21. The average molecular weight is 245 g/mol. The maximum absolute atomic E-state index is 10.5. The van der Waals surface area contributed by atoms with Crippen molar-refractivity contribution in [3.63, 3.8) is 0 Å². The summed E-state index contributed by atoms with van der Waals surface area (Å²) in [5.74, 6) is -0.851. The quantitative estimate of drug-likeness (QED) is 0.365. The van der Waals surface area contributed by atoms with Crippen LogP contribution in [0.3, 0.4) is 0 Å². The van der Waals surface area contributed by atoms with Crippen molar-refractivity contribution in [3.05, 3.63) is 0 Å². The Labute approximate surface area is 93.9 Å². The molecule has 2 atom stereocenters. The van der Waals surface area contributed by atoms with Gasteiger partial charge in [-0.05, 0) is 6.42 Å². The van der Waals surface area contributed by atoms with E-state index in [1.807, 2.05) is 0 Å². The smallest absolute Gasteiger partial charge is 0.320 e. The van der Waals surface area contributed by atoms with Gasteiger partial charge in [0.25, 0.3) is 0 Å². The van der Waals surface area contributed by atoms with Crippen LogP contribution in [0.2, 0.25) is 0 Å². The molecule has 0 aromatic heterocycles. The van der Waals surface area contributed by atoms with Crippen molar-refractivity contribution in [2.75, 3.05) is 6.54 Å². The van der Waals surface area contributed by atoms with E-state index in [0.717, 1.165) is 0 Å². The van der Waals surface area contributed by atoms with Gasteiger partial charge in [0.15, 0.2) is 5.96 Å². The molecule has 0 amide bonds. The van der Waals surface area contributed by atoms with Crippen molar-refractivity contribution in [2.45, 2.75) is 18.5 Å². The lowest BCUT2D eigenvalue weighted by Crippen LogP contribution is -2.30. The van der Waals surface area contributed by atoms with Crippen molar-refractivity contribution in [1.82, 2.24) is 5.32 Å². The van der Waals surface area contributed by atoms with E-state index in [9.17, 15) is 4.79 Å². The van der Waals surface area contributed by atoms with Crippen LogP contribution in [0.4, 0.5) is 0 Å². The summed E-state index contributed by atoms with van der Waals surface area (Å²) >= 11 is 0. The zero-order valence-electron chi connectivity index (χ0n) is 7.34.